The highest BCUT2D eigenvalue weighted by atomic mass is 16.1. The first-order valence-electron chi connectivity index (χ1n) is 11.6. The number of hydrogen-bond donors (Lipinski definition) is 2. The van der Waals surface area contributed by atoms with Gasteiger partial charge in [-0.2, -0.15) is 0 Å². The maximum absolute atomic E-state index is 12.1. The second kappa shape index (κ2) is 11.8. The van der Waals surface area contributed by atoms with Crippen LogP contribution in [0.25, 0.3) is 0 Å². The van der Waals surface area contributed by atoms with Gasteiger partial charge in [0.1, 0.15) is 5.82 Å². The SMILES string of the molecule is O=C(CCc1ccccn1)NCCc1cnc(CCC(c2ccccc2)c2ccccc2)[nH]1. The molecular weight excluding hydrogens is 408 g/mol. The van der Waals surface area contributed by atoms with Gasteiger partial charge in [0.15, 0.2) is 0 Å². The summed E-state index contributed by atoms with van der Waals surface area (Å²) in [6.07, 6.45) is 7.33. The molecule has 0 unspecified atom stereocenters. The summed E-state index contributed by atoms with van der Waals surface area (Å²) in [6.45, 7) is 0.597. The zero-order valence-corrected chi connectivity index (χ0v) is 18.8. The van der Waals surface area contributed by atoms with E-state index in [2.05, 4.69) is 80.9 Å². The maximum Gasteiger partial charge on any atom is 0.220 e. The van der Waals surface area contributed by atoms with Crippen molar-refractivity contribution in [1.29, 1.82) is 0 Å². The van der Waals surface area contributed by atoms with Gasteiger partial charge in [0.25, 0.3) is 0 Å². The molecule has 4 rings (SSSR count). The van der Waals surface area contributed by atoms with Gasteiger partial charge in [0.2, 0.25) is 5.91 Å². The van der Waals surface area contributed by atoms with Crippen LogP contribution in [0.4, 0.5) is 0 Å². The number of aromatic amines is 1. The summed E-state index contributed by atoms with van der Waals surface area (Å²) in [7, 11) is 0. The monoisotopic (exact) mass is 438 g/mol. The average Bonchev–Trinajstić information content (AvgIpc) is 3.32. The number of rotatable bonds is 11. The first kappa shape index (κ1) is 22.5. The minimum Gasteiger partial charge on any atom is -0.356 e. The lowest BCUT2D eigenvalue weighted by atomic mass is 9.87. The third-order valence-electron chi connectivity index (χ3n) is 5.81. The van der Waals surface area contributed by atoms with Crippen LogP contribution in [0.15, 0.2) is 91.3 Å². The number of aromatic nitrogens is 3. The molecule has 5 heteroatoms. The molecule has 0 aliphatic heterocycles. The molecule has 1 amide bonds. The summed E-state index contributed by atoms with van der Waals surface area (Å²) in [6, 6.07) is 27.1. The predicted molar refractivity (Wildman–Crippen MR) is 131 cm³/mol. The van der Waals surface area contributed by atoms with E-state index in [-0.39, 0.29) is 5.91 Å². The number of benzene rings is 2. The van der Waals surface area contributed by atoms with Crippen LogP contribution in [0, 0.1) is 0 Å². The highest BCUT2D eigenvalue weighted by Gasteiger charge is 2.15. The number of carbonyl (C=O) groups excluding carboxylic acids is 1. The number of nitrogens with zero attached hydrogens (tertiary/aromatic N) is 2. The van der Waals surface area contributed by atoms with Crippen molar-refractivity contribution in [2.75, 3.05) is 6.54 Å². The Balaban J connectivity index is 1.25. The zero-order chi connectivity index (χ0) is 22.7. The summed E-state index contributed by atoms with van der Waals surface area (Å²) >= 11 is 0. The largest absolute Gasteiger partial charge is 0.356 e. The van der Waals surface area contributed by atoms with Crippen LogP contribution in [0.2, 0.25) is 0 Å². The van der Waals surface area contributed by atoms with Gasteiger partial charge in [0, 0.05) is 55.5 Å². The third-order valence-corrected chi connectivity index (χ3v) is 5.81. The average molecular weight is 439 g/mol. The van der Waals surface area contributed by atoms with E-state index < -0.39 is 0 Å². The van der Waals surface area contributed by atoms with Crippen LogP contribution in [0.1, 0.15) is 47.1 Å². The standard InChI is InChI=1S/C28H30N4O/c33-28(17-14-24-13-7-8-19-29-24)30-20-18-25-21-31-27(32-25)16-15-26(22-9-3-1-4-10-22)23-11-5-2-6-12-23/h1-13,19,21,26H,14-18,20H2,(H,30,33)(H,31,32). The quantitative estimate of drug-likeness (QED) is 0.351. The Morgan fingerprint density at radius 1 is 0.818 bits per heavy atom. The van der Waals surface area contributed by atoms with Crippen LogP contribution >= 0.6 is 0 Å². The molecule has 0 aliphatic rings. The summed E-state index contributed by atoms with van der Waals surface area (Å²) in [5, 5.41) is 2.99. The Bertz CT molecular complexity index is 1070. The van der Waals surface area contributed by atoms with Crippen molar-refractivity contribution in [3.05, 3.63) is 120 Å². The van der Waals surface area contributed by atoms with Crippen LogP contribution in [-0.2, 0) is 24.1 Å². The van der Waals surface area contributed by atoms with Crippen molar-refractivity contribution in [3.63, 3.8) is 0 Å². The molecule has 0 aliphatic carbocycles. The fourth-order valence-electron chi connectivity index (χ4n) is 4.05. The van der Waals surface area contributed by atoms with Gasteiger partial charge in [-0.3, -0.25) is 9.78 Å². The number of amides is 1. The maximum atomic E-state index is 12.1. The Morgan fingerprint density at radius 3 is 2.18 bits per heavy atom. The van der Waals surface area contributed by atoms with E-state index >= 15 is 0 Å². The number of aryl methyl sites for hydroxylation is 2. The molecule has 2 heterocycles. The lowest BCUT2D eigenvalue weighted by molar-refractivity contribution is -0.121. The van der Waals surface area contributed by atoms with Crippen LogP contribution < -0.4 is 5.32 Å². The minimum absolute atomic E-state index is 0.0500. The van der Waals surface area contributed by atoms with Crippen molar-refractivity contribution < 1.29 is 4.79 Å². The molecule has 2 aromatic heterocycles. The van der Waals surface area contributed by atoms with E-state index in [0.717, 1.165) is 36.5 Å². The van der Waals surface area contributed by atoms with E-state index in [9.17, 15) is 4.79 Å². The van der Waals surface area contributed by atoms with E-state index in [1.807, 2.05) is 24.4 Å². The fraction of sp³-hybridized carbons (Fsp3) is 0.250. The second-order valence-corrected chi connectivity index (χ2v) is 8.19. The molecular formula is C28H30N4O. The summed E-state index contributed by atoms with van der Waals surface area (Å²) in [4.78, 5) is 24.4. The first-order valence-corrected chi connectivity index (χ1v) is 11.6. The number of carbonyl (C=O) groups is 1. The van der Waals surface area contributed by atoms with Gasteiger partial charge in [-0.1, -0.05) is 66.7 Å². The Morgan fingerprint density at radius 2 is 1.52 bits per heavy atom. The van der Waals surface area contributed by atoms with Gasteiger partial charge >= 0.3 is 0 Å². The van der Waals surface area contributed by atoms with Crippen molar-refractivity contribution in [2.24, 2.45) is 0 Å². The highest BCUT2D eigenvalue weighted by molar-refractivity contribution is 5.76. The van der Waals surface area contributed by atoms with Crippen molar-refractivity contribution >= 4 is 5.91 Å². The number of imidazole rings is 1. The Labute approximate surface area is 195 Å². The van der Waals surface area contributed by atoms with E-state index in [1.165, 1.54) is 11.1 Å². The smallest absolute Gasteiger partial charge is 0.220 e. The van der Waals surface area contributed by atoms with Gasteiger partial charge in [-0.15, -0.1) is 0 Å². The van der Waals surface area contributed by atoms with E-state index in [4.69, 9.17) is 0 Å². The Kier molecular flexibility index (Phi) is 8.01. The third kappa shape index (κ3) is 6.88. The Hall–Kier alpha value is -3.73. The van der Waals surface area contributed by atoms with Crippen molar-refractivity contribution in [3.8, 4) is 0 Å². The second-order valence-electron chi connectivity index (χ2n) is 8.19. The zero-order valence-electron chi connectivity index (χ0n) is 18.8. The molecule has 2 aromatic carbocycles. The number of pyridine rings is 1. The molecule has 0 radical (unpaired) electrons. The van der Waals surface area contributed by atoms with Crippen molar-refractivity contribution in [1.82, 2.24) is 20.3 Å². The van der Waals surface area contributed by atoms with E-state index in [1.54, 1.807) is 6.20 Å². The fourth-order valence-corrected chi connectivity index (χ4v) is 4.05. The molecule has 0 saturated carbocycles. The van der Waals surface area contributed by atoms with Gasteiger partial charge in [0.05, 0.1) is 0 Å². The van der Waals surface area contributed by atoms with Crippen LogP contribution in [-0.4, -0.2) is 27.4 Å². The molecule has 4 aromatic rings. The molecule has 0 fully saturated rings. The topological polar surface area (TPSA) is 70.7 Å². The summed E-state index contributed by atoms with van der Waals surface area (Å²) in [5.41, 5.74) is 4.63. The van der Waals surface area contributed by atoms with Crippen molar-refractivity contribution in [2.45, 2.75) is 38.0 Å². The molecule has 0 bridgehead atoms. The summed E-state index contributed by atoms with van der Waals surface area (Å²) < 4.78 is 0. The molecule has 0 atom stereocenters. The van der Waals surface area contributed by atoms with Gasteiger partial charge in [-0.05, 0) is 36.1 Å². The van der Waals surface area contributed by atoms with Crippen LogP contribution in [0.3, 0.4) is 0 Å². The number of nitrogens with one attached hydrogen (secondary N) is 2. The van der Waals surface area contributed by atoms with E-state index in [0.29, 0.717) is 25.3 Å². The molecule has 0 saturated heterocycles. The molecule has 0 spiro atoms. The minimum atomic E-state index is 0.0500. The number of hydrogen-bond acceptors (Lipinski definition) is 3. The molecule has 2 N–H and O–H groups in total. The van der Waals surface area contributed by atoms with Gasteiger partial charge in [-0.25, -0.2) is 4.98 Å². The predicted octanol–water partition coefficient (Wildman–Crippen LogP) is 4.86. The lowest BCUT2D eigenvalue weighted by Crippen LogP contribution is -2.26. The lowest BCUT2D eigenvalue weighted by Gasteiger charge is -2.17. The summed E-state index contributed by atoms with van der Waals surface area (Å²) in [5.74, 6) is 1.37. The van der Waals surface area contributed by atoms with Gasteiger partial charge < -0.3 is 10.3 Å². The number of H-pyrrole nitrogens is 1. The highest BCUT2D eigenvalue weighted by Crippen LogP contribution is 2.28. The normalized spacial score (nSPS) is 10.9. The molecule has 5 nitrogen and oxygen atoms in total. The molecule has 168 valence electrons. The first-order chi connectivity index (χ1) is 16.3. The van der Waals surface area contributed by atoms with Crippen LogP contribution in [0.5, 0.6) is 0 Å². The molecule has 33 heavy (non-hydrogen) atoms.